The molecule has 0 heterocycles. The molecule has 0 aliphatic heterocycles. The summed E-state index contributed by atoms with van der Waals surface area (Å²) in [5.41, 5.74) is 0. The molecule has 0 aliphatic carbocycles. The number of nitrogens with one attached hydrogen (secondary N) is 1. The van der Waals surface area contributed by atoms with Crippen LogP contribution in [-0.4, -0.2) is 31.4 Å². The third-order valence-electron chi connectivity index (χ3n) is 2.26. The number of rotatable bonds is 6. The minimum absolute atomic E-state index is 0.00104. The smallest absolute Gasteiger partial charge is 0.238 e. The van der Waals surface area contributed by atoms with E-state index in [0.717, 1.165) is 6.42 Å². The van der Waals surface area contributed by atoms with Gasteiger partial charge in [0.05, 0.1) is 5.75 Å². The highest BCUT2D eigenvalue weighted by Gasteiger charge is 2.27. The van der Waals surface area contributed by atoms with Crippen LogP contribution in [0.25, 0.3) is 0 Å². The van der Waals surface area contributed by atoms with Crippen molar-refractivity contribution in [2.75, 3.05) is 5.75 Å². The van der Waals surface area contributed by atoms with Crippen LogP contribution in [0.1, 0.15) is 27.2 Å². The molecule has 0 rings (SSSR count). The first kappa shape index (κ1) is 14.2. The molecule has 0 saturated carbocycles. The van der Waals surface area contributed by atoms with Gasteiger partial charge in [-0.05, 0) is 20.3 Å². The lowest BCUT2D eigenvalue weighted by atomic mass is 10.2. The second-order valence-corrected chi connectivity index (χ2v) is 5.94. The van der Waals surface area contributed by atoms with Crippen LogP contribution in [0.3, 0.4) is 0 Å². The molecule has 88 valence electrons. The van der Waals surface area contributed by atoms with E-state index in [2.05, 4.69) is 11.9 Å². The largest absolute Gasteiger partial charge is 0.353 e. The van der Waals surface area contributed by atoms with E-state index in [-0.39, 0.29) is 11.8 Å². The number of carbonyl (C=O) groups is 1. The lowest BCUT2D eigenvalue weighted by molar-refractivity contribution is -0.121. The third-order valence-corrected chi connectivity index (χ3v) is 4.25. The van der Waals surface area contributed by atoms with Gasteiger partial charge in [0.1, 0.15) is 5.25 Å². The van der Waals surface area contributed by atoms with Crippen molar-refractivity contribution in [1.29, 1.82) is 0 Å². The van der Waals surface area contributed by atoms with E-state index in [4.69, 9.17) is 0 Å². The molecule has 0 radical (unpaired) electrons. The van der Waals surface area contributed by atoms with Gasteiger partial charge >= 0.3 is 0 Å². The topological polar surface area (TPSA) is 63.2 Å². The number of hydrogen-bond acceptors (Lipinski definition) is 3. The zero-order chi connectivity index (χ0) is 12.1. The summed E-state index contributed by atoms with van der Waals surface area (Å²) in [7, 11) is -3.39. The van der Waals surface area contributed by atoms with Crippen molar-refractivity contribution in [2.45, 2.75) is 38.5 Å². The Bertz CT molecular complexity index is 322. The average Bonchev–Trinajstić information content (AvgIpc) is 2.16. The number of carbonyl (C=O) groups excluding carboxylic acids is 1. The van der Waals surface area contributed by atoms with Crippen molar-refractivity contribution >= 4 is 15.7 Å². The summed E-state index contributed by atoms with van der Waals surface area (Å²) >= 11 is 0. The maximum absolute atomic E-state index is 11.5. The fraction of sp³-hybridized carbons (Fsp3) is 0.700. The zero-order valence-electron chi connectivity index (χ0n) is 9.49. The minimum Gasteiger partial charge on any atom is -0.353 e. The highest BCUT2D eigenvalue weighted by Crippen LogP contribution is 2.03. The SMILES string of the molecule is C=CCS(=O)(=O)C(C)C(=O)NC(C)CC. The van der Waals surface area contributed by atoms with Gasteiger partial charge in [-0.1, -0.05) is 13.0 Å². The summed E-state index contributed by atoms with van der Waals surface area (Å²) in [5, 5.41) is 1.63. The molecule has 0 saturated heterocycles. The fourth-order valence-electron chi connectivity index (χ4n) is 0.934. The normalized spacial score (nSPS) is 15.4. The van der Waals surface area contributed by atoms with Crippen molar-refractivity contribution in [3.63, 3.8) is 0 Å². The van der Waals surface area contributed by atoms with Gasteiger partial charge in [-0.2, -0.15) is 0 Å². The first-order valence-corrected chi connectivity index (χ1v) is 6.69. The molecule has 0 fully saturated rings. The number of amides is 1. The summed E-state index contributed by atoms with van der Waals surface area (Å²) in [5.74, 6) is -0.603. The first-order chi connectivity index (χ1) is 6.85. The molecule has 5 heteroatoms. The number of sulfone groups is 1. The van der Waals surface area contributed by atoms with Gasteiger partial charge in [0.15, 0.2) is 9.84 Å². The summed E-state index contributed by atoms with van der Waals surface area (Å²) in [6.45, 7) is 8.52. The standard InChI is InChI=1S/C10H19NO3S/c1-5-7-15(13,14)9(4)10(12)11-8(3)6-2/h5,8-9H,1,6-7H2,2-4H3,(H,11,12). The fourth-order valence-corrected chi connectivity index (χ4v) is 1.95. The van der Waals surface area contributed by atoms with Crippen molar-refractivity contribution < 1.29 is 13.2 Å². The van der Waals surface area contributed by atoms with Crippen LogP contribution >= 0.6 is 0 Å². The van der Waals surface area contributed by atoms with Gasteiger partial charge in [-0.3, -0.25) is 4.79 Å². The molecule has 1 N–H and O–H groups in total. The van der Waals surface area contributed by atoms with Crippen LogP contribution < -0.4 is 5.32 Å². The quantitative estimate of drug-likeness (QED) is 0.693. The Morgan fingerprint density at radius 2 is 2.00 bits per heavy atom. The van der Waals surface area contributed by atoms with E-state index in [0.29, 0.717) is 0 Å². The van der Waals surface area contributed by atoms with E-state index >= 15 is 0 Å². The molecule has 0 aromatic heterocycles. The summed E-state index contributed by atoms with van der Waals surface area (Å²) in [6.07, 6.45) is 2.07. The molecule has 2 unspecified atom stereocenters. The minimum atomic E-state index is -3.39. The Morgan fingerprint density at radius 3 is 2.40 bits per heavy atom. The lowest BCUT2D eigenvalue weighted by Gasteiger charge is -2.15. The lowest BCUT2D eigenvalue weighted by Crippen LogP contribution is -2.42. The molecular formula is C10H19NO3S. The number of hydrogen-bond donors (Lipinski definition) is 1. The highest BCUT2D eigenvalue weighted by molar-refractivity contribution is 7.92. The Balaban J connectivity index is 4.51. The molecule has 15 heavy (non-hydrogen) atoms. The summed E-state index contributed by atoms with van der Waals surface area (Å²) in [6, 6.07) is -0.00104. The van der Waals surface area contributed by atoms with Crippen molar-refractivity contribution in [3.8, 4) is 0 Å². The van der Waals surface area contributed by atoms with Gasteiger partial charge in [0.25, 0.3) is 0 Å². The van der Waals surface area contributed by atoms with Gasteiger partial charge in [0.2, 0.25) is 5.91 Å². The second-order valence-electron chi connectivity index (χ2n) is 3.58. The molecule has 0 spiro atoms. The molecule has 1 amide bonds. The molecule has 0 bridgehead atoms. The van der Waals surface area contributed by atoms with E-state index in [9.17, 15) is 13.2 Å². The van der Waals surface area contributed by atoms with Crippen LogP contribution in [0.5, 0.6) is 0 Å². The van der Waals surface area contributed by atoms with Crippen molar-refractivity contribution in [2.24, 2.45) is 0 Å². The predicted molar refractivity (Wildman–Crippen MR) is 61.3 cm³/mol. The Morgan fingerprint density at radius 1 is 1.47 bits per heavy atom. The monoisotopic (exact) mass is 233 g/mol. The van der Waals surface area contributed by atoms with Crippen LogP contribution in [0.2, 0.25) is 0 Å². The maximum atomic E-state index is 11.5. The van der Waals surface area contributed by atoms with Gasteiger partial charge in [0, 0.05) is 6.04 Å². The van der Waals surface area contributed by atoms with E-state index < -0.39 is 21.0 Å². The zero-order valence-corrected chi connectivity index (χ0v) is 10.3. The average molecular weight is 233 g/mol. The van der Waals surface area contributed by atoms with Gasteiger partial charge in [-0.15, -0.1) is 6.58 Å². The van der Waals surface area contributed by atoms with Crippen molar-refractivity contribution in [3.05, 3.63) is 12.7 Å². The van der Waals surface area contributed by atoms with E-state index in [1.54, 1.807) is 0 Å². The van der Waals surface area contributed by atoms with Crippen molar-refractivity contribution in [1.82, 2.24) is 5.32 Å². The van der Waals surface area contributed by atoms with E-state index in [1.165, 1.54) is 13.0 Å². The molecular weight excluding hydrogens is 214 g/mol. The highest BCUT2D eigenvalue weighted by atomic mass is 32.2. The Hall–Kier alpha value is -0.840. The Kier molecular flexibility index (Phi) is 5.57. The van der Waals surface area contributed by atoms with Crippen LogP contribution in [0.4, 0.5) is 0 Å². The first-order valence-electron chi connectivity index (χ1n) is 4.98. The molecule has 0 aromatic carbocycles. The molecule has 0 aromatic rings. The Labute approximate surface area is 91.7 Å². The van der Waals surface area contributed by atoms with Gasteiger partial charge < -0.3 is 5.32 Å². The molecule has 0 aliphatic rings. The maximum Gasteiger partial charge on any atom is 0.238 e. The van der Waals surface area contributed by atoms with Crippen LogP contribution in [-0.2, 0) is 14.6 Å². The molecule has 4 nitrogen and oxygen atoms in total. The summed E-state index contributed by atoms with van der Waals surface area (Å²) < 4.78 is 23.0. The second kappa shape index (κ2) is 5.90. The summed E-state index contributed by atoms with van der Waals surface area (Å²) in [4.78, 5) is 11.5. The van der Waals surface area contributed by atoms with Crippen LogP contribution in [0.15, 0.2) is 12.7 Å². The molecule has 2 atom stereocenters. The predicted octanol–water partition coefficient (Wildman–Crippen LogP) is 0.890. The van der Waals surface area contributed by atoms with Crippen LogP contribution in [0, 0.1) is 0 Å². The van der Waals surface area contributed by atoms with Gasteiger partial charge in [-0.25, -0.2) is 8.42 Å². The van der Waals surface area contributed by atoms with E-state index in [1.807, 2.05) is 13.8 Å². The third kappa shape index (κ3) is 4.46.